The van der Waals surface area contributed by atoms with Crippen LogP contribution in [0.3, 0.4) is 0 Å². The van der Waals surface area contributed by atoms with Crippen molar-refractivity contribution in [2.45, 2.75) is 71.1 Å². The van der Waals surface area contributed by atoms with Crippen molar-refractivity contribution in [3.05, 3.63) is 0 Å². The average molecular weight is 313 g/mol. The van der Waals surface area contributed by atoms with Crippen LogP contribution in [0.25, 0.3) is 0 Å². The minimum Gasteiger partial charge on any atom is -0.481 e. The first-order chi connectivity index (χ1) is 10.7. The van der Waals surface area contributed by atoms with Gasteiger partial charge in [0.15, 0.2) is 0 Å². The Hall–Kier alpha value is -0.610. The van der Waals surface area contributed by atoms with Crippen molar-refractivity contribution in [2.75, 3.05) is 32.8 Å². The highest BCUT2D eigenvalue weighted by atomic mass is 16.5. The van der Waals surface area contributed by atoms with Crippen molar-refractivity contribution in [2.24, 2.45) is 5.92 Å². The number of carboxylic acids is 1. The van der Waals surface area contributed by atoms with Crippen molar-refractivity contribution in [3.8, 4) is 0 Å². The number of carboxylic acid groups (broad SMARTS) is 1. The second kappa shape index (κ2) is 12.9. The van der Waals surface area contributed by atoms with E-state index in [9.17, 15) is 9.90 Å². The molecule has 0 aromatic carbocycles. The number of aliphatic carboxylic acids is 1. The molecule has 1 fully saturated rings. The molecule has 0 radical (unpaired) electrons. The molecular formula is C18H35NO3. The van der Waals surface area contributed by atoms with Crippen LogP contribution in [0.5, 0.6) is 0 Å². The molecule has 1 aliphatic rings. The SMILES string of the molecule is CCCCCCCCCCC(CCN1CCOCC1)C(=O)O. The first-order valence-corrected chi connectivity index (χ1v) is 9.27. The van der Waals surface area contributed by atoms with E-state index < -0.39 is 5.97 Å². The number of hydrogen-bond acceptors (Lipinski definition) is 3. The van der Waals surface area contributed by atoms with Gasteiger partial charge in [0, 0.05) is 13.1 Å². The molecule has 1 unspecified atom stereocenters. The maximum Gasteiger partial charge on any atom is 0.306 e. The van der Waals surface area contributed by atoms with Gasteiger partial charge >= 0.3 is 5.97 Å². The van der Waals surface area contributed by atoms with Gasteiger partial charge in [-0.25, -0.2) is 0 Å². The molecule has 22 heavy (non-hydrogen) atoms. The van der Waals surface area contributed by atoms with E-state index >= 15 is 0 Å². The molecule has 0 aromatic heterocycles. The maximum absolute atomic E-state index is 11.4. The Morgan fingerprint density at radius 2 is 1.59 bits per heavy atom. The predicted molar refractivity (Wildman–Crippen MR) is 90.2 cm³/mol. The molecule has 0 amide bonds. The largest absolute Gasteiger partial charge is 0.481 e. The lowest BCUT2D eigenvalue weighted by molar-refractivity contribution is -0.142. The number of unbranched alkanes of at least 4 members (excludes halogenated alkanes) is 7. The van der Waals surface area contributed by atoms with Crippen LogP contribution in [-0.2, 0) is 9.53 Å². The van der Waals surface area contributed by atoms with Crippen LogP contribution in [-0.4, -0.2) is 48.8 Å². The van der Waals surface area contributed by atoms with Crippen LogP contribution in [0.1, 0.15) is 71.1 Å². The summed E-state index contributed by atoms with van der Waals surface area (Å²) < 4.78 is 5.32. The van der Waals surface area contributed by atoms with Crippen LogP contribution in [0.2, 0.25) is 0 Å². The highest BCUT2D eigenvalue weighted by Gasteiger charge is 2.19. The zero-order chi connectivity index (χ0) is 16.0. The highest BCUT2D eigenvalue weighted by Crippen LogP contribution is 2.17. The normalized spacial score (nSPS) is 17.5. The van der Waals surface area contributed by atoms with Crippen molar-refractivity contribution < 1.29 is 14.6 Å². The molecule has 130 valence electrons. The zero-order valence-electron chi connectivity index (χ0n) is 14.4. The molecular weight excluding hydrogens is 278 g/mol. The molecule has 1 rings (SSSR count). The minimum atomic E-state index is -0.615. The van der Waals surface area contributed by atoms with Gasteiger partial charge in [-0.05, 0) is 19.4 Å². The van der Waals surface area contributed by atoms with Gasteiger partial charge in [0.2, 0.25) is 0 Å². The van der Waals surface area contributed by atoms with Crippen molar-refractivity contribution >= 4 is 5.97 Å². The van der Waals surface area contributed by atoms with Gasteiger partial charge in [-0.2, -0.15) is 0 Å². The molecule has 0 spiro atoms. The van der Waals surface area contributed by atoms with E-state index in [1.807, 2.05) is 0 Å². The highest BCUT2D eigenvalue weighted by molar-refractivity contribution is 5.69. The van der Waals surface area contributed by atoms with Gasteiger partial charge in [-0.15, -0.1) is 0 Å². The lowest BCUT2D eigenvalue weighted by Crippen LogP contribution is -2.38. The molecule has 0 aromatic rings. The summed E-state index contributed by atoms with van der Waals surface area (Å²) in [5.74, 6) is -0.779. The Morgan fingerprint density at radius 3 is 2.18 bits per heavy atom. The van der Waals surface area contributed by atoms with E-state index in [1.54, 1.807) is 0 Å². The van der Waals surface area contributed by atoms with E-state index in [2.05, 4.69) is 11.8 Å². The molecule has 4 nitrogen and oxygen atoms in total. The smallest absolute Gasteiger partial charge is 0.306 e. The van der Waals surface area contributed by atoms with Gasteiger partial charge < -0.3 is 9.84 Å². The van der Waals surface area contributed by atoms with E-state index in [1.165, 1.54) is 44.9 Å². The van der Waals surface area contributed by atoms with Gasteiger partial charge in [-0.3, -0.25) is 9.69 Å². The third-order valence-corrected chi connectivity index (χ3v) is 4.65. The number of ether oxygens (including phenoxy) is 1. The second-order valence-corrected chi connectivity index (χ2v) is 6.54. The molecule has 1 aliphatic heterocycles. The summed E-state index contributed by atoms with van der Waals surface area (Å²) in [5.41, 5.74) is 0. The Morgan fingerprint density at radius 1 is 1.00 bits per heavy atom. The Bertz CT molecular complexity index is 278. The van der Waals surface area contributed by atoms with Crippen molar-refractivity contribution in [1.29, 1.82) is 0 Å². The molecule has 0 saturated carbocycles. The summed E-state index contributed by atoms with van der Waals surface area (Å²) in [5, 5.41) is 9.36. The summed E-state index contributed by atoms with van der Waals surface area (Å²) >= 11 is 0. The van der Waals surface area contributed by atoms with Crippen molar-refractivity contribution in [3.63, 3.8) is 0 Å². The summed E-state index contributed by atoms with van der Waals surface area (Å²) in [6, 6.07) is 0. The fourth-order valence-electron chi connectivity index (χ4n) is 3.08. The standard InChI is InChI=1S/C18H35NO3/c1-2-3-4-5-6-7-8-9-10-17(18(20)21)11-12-19-13-15-22-16-14-19/h17H,2-16H2,1H3,(H,20,21). The summed E-state index contributed by atoms with van der Waals surface area (Å²) in [6.45, 7) is 6.61. The first-order valence-electron chi connectivity index (χ1n) is 9.27. The summed E-state index contributed by atoms with van der Waals surface area (Å²) in [4.78, 5) is 13.7. The second-order valence-electron chi connectivity index (χ2n) is 6.54. The predicted octanol–water partition coefficient (Wildman–Crippen LogP) is 3.94. The van der Waals surface area contributed by atoms with Crippen LogP contribution >= 0.6 is 0 Å². The van der Waals surface area contributed by atoms with E-state index in [-0.39, 0.29) is 5.92 Å². The van der Waals surface area contributed by atoms with E-state index in [4.69, 9.17) is 4.74 Å². The van der Waals surface area contributed by atoms with E-state index in [0.29, 0.717) is 0 Å². The van der Waals surface area contributed by atoms with Gasteiger partial charge in [-0.1, -0.05) is 58.3 Å². The number of morpholine rings is 1. The van der Waals surface area contributed by atoms with Gasteiger partial charge in [0.05, 0.1) is 19.1 Å². The van der Waals surface area contributed by atoms with Crippen LogP contribution < -0.4 is 0 Å². The van der Waals surface area contributed by atoms with Crippen molar-refractivity contribution in [1.82, 2.24) is 4.90 Å². The zero-order valence-corrected chi connectivity index (χ0v) is 14.4. The maximum atomic E-state index is 11.4. The summed E-state index contributed by atoms with van der Waals surface area (Å²) in [7, 11) is 0. The number of hydrogen-bond donors (Lipinski definition) is 1. The number of rotatable bonds is 13. The third kappa shape index (κ3) is 9.42. The Balaban J connectivity index is 2.04. The van der Waals surface area contributed by atoms with Crippen LogP contribution in [0, 0.1) is 5.92 Å². The lowest BCUT2D eigenvalue weighted by atomic mass is 9.96. The minimum absolute atomic E-state index is 0.164. The fraction of sp³-hybridized carbons (Fsp3) is 0.944. The average Bonchev–Trinajstić information content (AvgIpc) is 2.53. The third-order valence-electron chi connectivity index (χ3n) is 4.65. The molecule has 1 heterocycles. The molecule has 1 saturated heterocycles. The van der Waals surface area contributed by atoms with Crippen LogP contribution in [0.4, 0.5) is 0 Å². The molecule has 1 atom stereocenters. The molecule has 4 heteroatoms. The first kappa shape index (κ1) is 19.4. The summed E-state index contributed by atoms with van der Waals surface area (Å²) in [6.07, 6.45) is 11.8. The topological polar surface area (TPSA) is 49.8 Å². The van der Waals surface area contributed by atoms with Gasteiger partial charge in [0.25, 0.3) is 0 Å². The quantitative estimate of drug-likeness (QED) is 0.523. The lowest BCUT2D eigenvalue weighted by Gasteiger charge is -2.27. The van der Waals surface area contributed by atoms with Gasteiger partial charge in [0.1, 0.15) is 0 Å². The Kier molecular flexibility index (Phi) is 11.4. The fourth-order valence-corrected chi connectivity index (χ4v) is 3.08. The van der Waals surface area contributed by atoms with Crippen LogP contribution in [0.15, 0.2) is 0 Å². The molecule has 0 bridgehead atoms. The number of carbonyl (C=O) groups is 1. The van der Waals surface area contributed by atoms with E-state index in [0.717, 1.165) is 52.1 Å². The molecule has 1 N–H and O–H groups in total. The Labute approximate surface area is 136 Å². The monoisotopic (exact) mass is 313 g/mol. The number of nitrogens with zero attached hydrogens (tertiary/aromatic N) is 1. The molecule has 0 aliphatic carbocycles.